The number of carbonyl (C=O) groups is 5. The number of aliphatic imine (C=N–C) groups is 1. The van der Waals surface area contributed by atoms with Crippen molar-refractivity contribution in [1.82, 2.24) is 15.5 Å². The largest absolute Gasteiger partial charge is 0.513 e. The van der Waals surface area contributed by atoms with E-state index in [1.54, 1.807) is 42.5 Å². The number of nitrogens with two attached hydrogens (primary N) is 1. The molecule has 250 valence electrons. The molecule has 0 bridgehead atoms. The van der Waals surface area contributed by atoms with Gasteiger partial charge in [-0.05, 0) is 36.6 Å². The smallest absolute Gasteiger partial charge is 0.481 e. The minimum absolute atomic E-state index is 0.000604. The summed E-state index contributed by atoms with van der Waals surface area (Å²) in [6.07, 6.45) is 0.492. The first kappa shape index (κ1) is 37.4. The van der Waals surface area contributed by atoms with Crippen molar-refractivity contribution in [3.8, 4) is 5.75 Å². The molecule has 4 atom stereocenters. The summed E-state index contributed by atoms with van der Waals surface area (Å²) in [7, 11) is 1.33. The van der Waals surface area contributed by atoms with Gasteiger partial charge in [-0.2, -0.15) is 0 Å². The van der Waals surface area contributed by atoms with E-state index in [0.29, 0.717) is 5.56 Å². The van der Waals surface area contributed by atoms with E-state index in [4.69, 9.17) is 15.6 Å². The lowest BCUT2D eigenvalue weighted by Crippen LogP contribution is -2.56. The van der Waals surface area contributed by atoms with Gasteiger partial charge in [-0.3, -0.25) is 28.4 Å². The number of benzene rings is 2. The quantitative estimate of drug-likeness (QED) is 0.0821. The van der Waals surface area contributed by atoms with Crippen molar-refractivity contribution in [1.29, 1.82) is 0 Å². The SMILES string of the molecule is COC(=O)Oc1ccc(C[C@H](N=C(C)N)C(=O)N[C@H](CCS(C)=O)C(=O)N[C@@H](Cc2ccccc2)C(=O)N(C)CCC(=O)O)cc1. The lowest BCUT2D eigenvalue weighted by molar-refractivity contribution is -0.139. The van der Waals surface area contributed by atoms with Crippen LogP contribution in [0.1, 0.15) is 30.9 Å². The van der Waals surface area contributed by atoms with E-state index in [0.717, 1.165) is 5.56 Å². The van der Waals surface area contributed by atoms with Gasteiger partial charge in [-0.25, -0.2) is 4.79 Å². The molecule has 15 heteroatoms. The lowest BCUT2D eigenvalue weighted by atomic mass is 10.0. The molecule has 2 aromatic carbocycles. The van der Waals surface area contributed by atoms with Gasteiger partial charge in [0.25, 0.3) is 0 Å². The molecule has 2 aromatic rings. The number of carboxylic acid groups (broad SMARTS) is 1. The van der Waals surface area contributed by atoms with Crippen LogP contribution < -0.4 is 21.1 Å². The fourth-order valence-corrected chi connectivity index (χ4v) is 4.85. The second-order valence-corrected chi connectivity index (χ2v) is 12.0. The average Bonchev–Trinajstić information content (AvgIpc) is 3.01. The van der Waals surface area contributed by atoms with Crippen molar-refractivity contribution >= 4 is 46.5 Å². The number of methoxy groups -OCH3 is 1. The predicted octanol–water partition coefficient (Wildman–Crippen LogP) is 1.03. The Kier molecular flexibility index (Phi) is 15.4. The number of nitrogens with one attached hydrogen (secondary N) is 2. The van der Waals surface area contributed by atoms with Crippen LogP contribution >= 0.6 is 0 Å². The molecule has 0 saturated carbocycles. The molecule has 0 aromatic heterocycles. The Balaban J connectivity index is 2.29. The number of aliphatic carboxylic acids is 1. The van der Waals surface area contributed by atoms with Crippen LogP contribution in [0.5, 0.6) is 5.75 Å². The zero-order valence-corrected chi connectivity index (χ0v) is 27.1. The number of carboxylic acids is 1. The molecule has 0 spiro atoms. The summed E-state index contributed by atoms with van der Waals surface area (Å²) < 4.78 is 21.4. The van der Waals surface area contributed by atoms with Crippen molar-refractivity contribution < 1.29 is 42.8 Å². The van der Waals surface area contributed by atoms with Crippen molar-refractivity contribution in [2.75, 3.05) is 32.7 Å². The van der Waals surface area contributed by atoms with E-state index in [1.165, 1.54) is 44.4 Å². The molecule has 3 amide bonds. The standard InChI is InChI=1S/C31H41N5O9S/c1-20(32)33-25(18-22-10-12-23(13-11-22)45-31(42)44-3)29(40)34-24(15-17-46(4)43)28(39)35-26(19-21-8-6-5-7-9-21)30(41)36(2)16-14-27(37)38/h5-13,24-26H,14-19H2,1-4H3,(H2,32,33)(H,34,40)(H,35,39)(H,37,38)/t24-,25+,26+,46?/m1/s1. The van der Waals surface area contributed by atoms with Gasteiger partial charge in [0.1, 0.15) is 23.9 Å². The van der Waals surface area contributed by atoms with Gasteiger partial charge in [-0.15, -0.1) is 0 Å². The van der Waals surface area contributed by atoms with Crippen molar-refractivity contribution in [3.05, 3.63) is 65.7 Å². The van der Waals surface area contributed by atoms with Gasteiger partial charge >= 0.3 is 12.1 Å². The fraction of sp³-hybridized carbons (Fsp3) is 0.419. The van der Waals surface area contributed by atoms with Gasteiger partial charge < -0.3 is 35.8 Å². The Bertz CT molecular complexity index is 1400. The second-order valence-electron chi connectivity index (χ2n) is 10.5. The Morgan fingerprint density at radius 2 is 1.57 bits per heavy atom. The molecule has 0 saturated heterocycles. The highest BCUT2D eigenvalue weighted by molar-refractivity contribution is 7.84. The maximum absolute atomic E-state index is 13.6. The molecule has 1 unspecified atom stereocenters. The third-order valence-electron chi connectivity index (χ3n) is 6.64. The van der Waals surface area contributed by atoms with Crippen LogP contribution in [0.4, 0.5) is 4.79 Å². The normalized spacial score (nSPS) is 13.8. The number of nitrogens with zero attached hydrogens (tertiary/aromatic N) is 2. The van der Waals surface area contributed by atoms with Crippen LogP contribution in [-0.2, 0) is 47.6 Å². The van der Waals surface area contributed by atoms with Crippen LogP contribution in [0.3, 0.4) is 0 Å². The topological polar surface area (TPSA) is 207 Å². The molecule has 0 aliphatic heterocycles. The maximum Gasteiger partial charge on any atom is 0.513 e. The number of likely N-dealkylation sites (N-methyl/N-ethyl adjacent to an activating group) is 1. The predicted molar refractivity (Wildman–Crippen MR) is 172 cm³/mol. The minimum atomic E-state index is -1.30. The third kappa shape index (κ3) is 13.5. The number of amidine groups is 1. The average molecular weight is 660 g/mol. The molecule has 0 aliphatic carbocycles. The van der Waals surface area contributed by atoms with Gasteiger partial charge in [-0.1, -0.05) is 42.5 Å². The Labute approximate surface area is 270 Å². The van der Waals surface area contributed by atoms with Gasteiger partial charge in [0.15, 0.2) is 0 Å². The maximum atomic E-state index is 13.6. The van der Waals surface area contributed by atoms with E-state index >= 15 is 0 Å². The Morgan fingerprint density at radius 1 is 0.957 bits per heavy atom. The van der Waals surface area contributed by atoms with Crippen LogP contribution in [0, 0.1) is 0 Å². The highest BCUT2D eigenvalue weighted by atomic mass is 32.2. The number of hydrogen-bond donors (Lipinski definition) is 4. The van der Waals surface area contributed by atoms with E-state index < -0.39 is 58.8 Å². The van der Waals surface area contributed by atoms with Gasteiger partial charge in [0.05, 0.1) is 19.4 Å². The van der Waals surface area contributed by atoms with E-state index in [2.05, 4.69) is 20.4 Å². The van der Waals surface area contributed by atoms with Gasteiger partial charge in [0.2, 0.25) is 17.7 Å². The Hall–Kier alpha value is -4.79. The first-order valence-electron chi connectivity index (χ1n) is 14.3. The van der Waals surface area contributed by atoms with Crippen LogP contribution in [-0.4, -0.2) is 101 Å². The molecule has 14 nitrogen and oxygen atoms in total. The highest BCUT2D eigenvalue weighted by Crippen LogP contribution is 2.16. The molecule has 0 heterocycles. The van der Waals surface area contributed by atoms with E-state index in [-0.39, 0.29) is 49.6 Å². The first-order chi connectivity index (χ1) is 21.8. The van der Waals surface area contributed by atoms with Crippen LogP contribution in [0.2, 0.25) is 0 Å². The van der Waals surface area contributed by atoms with E-state index in [1.807, 2.05) is 0 Å². The first-order valence-corrected chi connectivity index (χ1v) is 16.1. The fourth-order valence-electron chi connectivity index (χ4n) is 4.28. The molecule has 5 N–H and O–H groups in total. The number of ether oxygens (including phenoxy) is 2. The summed E-state index contributed by atoms with van der Waals surface area (Å²) in [4.78, 5) is 68.4. The lowest BCUT2D eigenvalue weighted by Gasteiger charge is -2.27. The zero-order chi connectivity index (χ0) is 34.2. The summed E-state index contributed by atoms with van der Waals surface area (Å²) in [6, 6.07) is 11.9. The number of rotatable bonds is 17. The number of amides is 3. The molecular weight excluding hydrogens is 618 g/mol. The minimum Gasteiger partial charge on any atom is -0.481 e. The second kappa shape index (κ2) is 18.9. The van der Waals surface area contributed by atoms with Crippen LogP contribution in [0.25, 0.3) is 0 Å². The summed E-state index contributed by atoms with van der Waals surface area (Å²) >= 11 is 0. The molecule has 46 heavy (non-hydrogen) atoms. The summed E-state index contributed by atoms with van der Waals surface area (Å²) in [5.41, 5.74) is 7.21. The Morgan fingerprint density at radius 3 is 2.13 bits per heavy atom. The molecule has 0 fully saturated rings. The van der Waals surface area contributed by atoms with Gasteiger partial charge in [0, 0.05) is 49.2 Å². The summed E-state index contributed by atoms with van der Waals surface area (Å²) in [5.74, 6) is -2.47. The monoisotopic (exact) mass is 659 g/mol. The van der Waals surface area contributed by atoms with Crippen molar-refractivity contribution in [3.63, 3.8) is 0 Å². The summed E-state index contributed by atoms with van der Waals surface area (Å²) in [6.45, 7) is 1.44. The van der Waals surface area contributed by atoms with E-state index in [9.17, 15) is 28.2 Å². The highest BCUT2D eigenvalue weighted by Gasteiger charge is 2.31. The number of carbonyl (C=O) groups excluding carboxylic acids is 4. The van der Waals surface area contributed by atoms with Crippen LogP contribution in [0.15, 0.2) is 59.6 Å². The summed E-state index contributed by atoms with van der Waals surface area (Å²) in [5, 5.41) is 14.5. The molecule has 0 radical (unpaired) electrons. The molecule has 0 aliphatic rings. The molecular formula is C31H41N5O9S. The third-order valence-corrected chi connectivity index (χ3v) is 7.45. The van der Waals surface area contributed by atoms with Crippen molar-refractivity contribution in [2.24, 2.45) is 10.7 Å². The zero-order valence-electron chi connectivity index (χ0n) is 26.3. The molecule has 2 rings (SSSR count). The van der Waals surface area contributed by atoms with Crippen molar-refractivity contribution in [2.45, 2.75) is 50.7 Å². The number of hydrogen-bond acceptors (Lipinski definition) is 9.